The smallest absolute Gasteiger partial charge is 0.0426 e. The molecule has 3 nitrogen and oxygen atoms in total. The molecule has 4 aromatic rings. The lowest BCUT2D eigenvalue weighted by Crippen LogP contribution is -2.26. The van der Waals surface area contributed by atoms with E-state index in [9.17, 15) is 0 Å². The lowest BCUT2D eigenvalue weighted by molar-refractivity contribution is 0.638. The van der Waals surface area contributed by atoms with Gasteiger partial charge in [0.1, 0.15) is 0 Å². The number of fused-ring (bicyclic) bond motifs is 2. The number of rotatable bonds is 2. The van der Waals surface area contributed by atoms with Gasteiger partial charge in [0.15, 0.2) is 0 Å². The number of hydrogen-bond acceptors (Lipinski definition) is 3. The zero-order chi connectivity index (χ0) is 20.9. The molecule has 0 radical (unpaired) electrons. The molecule has 1 aliphatic rings. The van der Waals surface area contributed by atoms with Crippen molar-refractivity contribution in [3.05, 3.63) is 95.6 Å². The maximum Gasteiger partial charge on any atom is 0.0426 e. The Labute approximate surface area is 177 Å². The van der Waals surface area contributed by atoms with Crippen LogP contribution in [0, 0.1) is 13.8 Å². The highest BCUT2D eigenvalue weighted by Gasteiger charge is 2.33. The largest absolute Gasteiger partial charge is 0.355 e. The molecule has 3 heteroatoms. The van der Waals surface area contributed by atoms with Crippen LogP contribution in [0.4, 0.5) is 11.4 Å². The van der Waals surface area contributed by atoms with Gasteiger partial charge in [0.2, 0.25) is 0 Å². The van der Waals surface area contributed by atoms with Crippen LogP contribution in [0.2, 0.25) is 0 Å². The standard InChI is InChI=1S/C27H25N3/c1-17-5-7-21(15-28-17)19-9-11-25-23(13-19)27(3,4)24-14-20(10-12-26(24)30-25)22-8-6-18(2)29-16-22/h5-16,30H,1-4H3. The first-order chi connectivity index (χ1) is 14.4. The number of benzene rings is 2. The molecular formula is C27H25N3. The van der Waals surface area contributed by atoms with Crippen molar-refractivity contribution in [2.45, 2.75) is 33.1 Å². The second-order valence-corrected chi connectivity index (χ2v) is 8.65. The van der Waals surface area contributed by atoms with E-state index < -0.39 is 0 Å². The van der Waals surface area contributed by atoms with E-state index in [0.717, 1.165) is 22.5 Å². The van der Waals surface area contributed by atoms with Gasteiger partial charge in [-0.15, -0.1) is 0 Å². The molecule has 0 amide bonds. The second kappa shape index (κ2) is 6.81. The summed E-state index contributed by atoms with van der Waals surface area (Å²) in [5.41, 5.74) is 11.5. The van der Waals surface area contributed by atoms with Crippen molar-refractivity contribution >= 4 is 11.4 Å². The maximum atomic E-state index is 4.47. The normalized spacial score (nSPS) is 13.9. The topological polar surface area (TPSA) is 37.8 Å². The number of hydrogen-bond donors (Lipinski definition) is 1. The molecule has 1 N–H and O–H groups in total. The van der Waals surface area contributed by atoms with E-state index in [4.69, 9.17) is 0 Å². The summed E-state index contributed by atoms with van der Waals surface area (Å²) in [6, 6.07) is 21.7. The molecule has 5 rings (SSSR count). The van der Waals surface area contributed by atoms with Crippen LogP contribution in [0.25, 0.3) is 22.3 Å². The third-order valence-electron chi connectivity index (χ3n) is 6.14. The summed E-state index contributed by atoms with van der Waals surface area (Å²) < 4.78 is 0. The Kier molecular flexibility index (Phi) is 4.21. The van der Waals surface area contributed by atoms with Gasteiger partial charge in [-0.25, -0.2) is 0 Å². The SMILES string of the molecule is Cc1ccc(-c2ccc3c(c2)C(C)(C)c2cc(-c4ccc(C)nc4)ccc2N3)cn1. The van der Waals surface area contributed by atoms with E-state index in [2.05, 4.69) is 89.8 Å². The van der Waals surface area contributed by atoms with Gasteiger partial charge < -0.3 is 5.32 Å². The van der Waals surface area contributed by atoms with E-state index in [1.807, 2.05) is 26.2 Å². The fourth-order valence-electron chi connectivity index (χ4n) is 4.27. The fraction of sp³-hybridized carbons (Fsp3) is 0.185. The maximum absolute atomic E-state index is 4.47. The van der Waals surface area contributed by atoms with Crippen LogP contribution < -0.4 is 5.32 Å². The first-order valence-corrected chi connectivity index (χ1v) is 10.3. The van der Waals surface area contributed by atoms with E-state index >= 15 is 0 Å². The first kappa shape index (κ1) is 18.6. The van der Waals surface area contributed by atoms with Crippen molar-refractivity contribution in [3.8, 4) is 22.3 Å². The Morgan fingerprint density at radius 3 is 1.43 bits per heavy atom. The molecule has 2 aromatic heterocycles. The first-order valence-electron chi connectivity index (χ1n) is 10.3. The molecule has 0 spiro atoms. The Bertz CT molecular complexity index is 1140. The molecule has 3 heterocycles. The summed E-state index contributed by atoms with van der Waals surface area (Å²) in [7, 11) is 0. The molecule has 0 fully saturated rings. The number of nitrogens with one attached hydrogen (secondary N) is 1. The van der Waals surface area contributed by atoms with Gasteiger partial charge in [0.25, 0.3) is 0 Å². The van der Waals surface area contributed by atoms with Crippen molar-refractivity contribution in [3.63, 3.8) is 0 Å². The summed E-state index contributed by atoms with van der Waals surface area (Å²) in [6.07, 6.45) is 3.91. The molecule has 0 atom stereocenters. The van der Waals surface area contributed by atoms with Gasteiger partial charge in [-0.05, 0) is 72.5 Å². The Hall–Kier alpha value is -3.46. The van der Waals surface area contributed by atoms with Crippen molar-refractivity contribution in [1.29, 1.82) is 0 Å². The van der Waals surface area contributed by atoms with Crippen LogP contribution in [-0.2, 0) is 5.41 Å². The van der Waals surface area contributed by atoms with E-state index in [1.54, 1.807) is 0 Å². The Morgan fingerprint density at radius 1 is 0.600 bits per heavy atom. The summed E-state index contributed by atoms with van der Waals surface area (Å²) in [4.78, 5) is 8.94. The lowest BCUT2D eigenvalue weighted by atomic mass is 9.73. The minimum Gasteiger partial charge on any atom is -0.355 e. The molecule has 30 heavy (non-hydrogen) atoms. The van der Waals surface area contributed by atoms with Crippen LogP contribution in [0.1, 0.15) is 36.4 Å². The molecule has 0 bridgehead atoms. The highest BCUT2D eigenvalue weighted by atomic mass is 14.9. The Morgan fingerprint density at radius 2 is 1.03 bits per heavy atom. The predicted octanol–water partition coefficient (Wildman–Crippen LogP) is 6.81. The van der Waals surface area contributed by atoms with Crippen LogP contribution in [0.3, 0.4) is 0 Å². The quantitative estimate of drug-likeness (QED) is 0.408. The third-order valence-corrected chi connectivity index (χ3v) is 6.14. The molecular weight excluding hydrogens is 366 g/mol. The predicted molar refractivity (Wildman–Crippen MR) is 124 cm³/mol. The zero-order valence-electron chi connectivity index (χ0n) is 17.8. The molecule has 0 saturated carbocycles. The van der Waals surface area contributed by atoms with Crippen molar-refractivity contribution in [2.75, 3.05) is 5.32 Å². The van der Waals surface area contributed by atoms with Crippen molar-refractivity contribution in [2.24, 2.45) is 0 Å². The Balaban J connectivity index is 1.60. The second-order valence-electron chi connectivity index (χ2n) is 8.65. The number of aromatic nitrogens is 2. The third kappa shape index (κ3) is 3.07. The van der Waals surface area contributed by atoms with E-state index in [-0.39, 0.29) is 5.41 Å². The van der Waals surface area contributed by atoms with E-state index in [1.165, 1.54) is 33.6 Å². The average molecular weight is 392 g/mol. The number of nitrogens with zero attached hydrogens (tertiary/aromatic N) is 2. The number of aryl methyl sites for hydroxylation is 2. The van der Waals surface area contributed by atoms with Gasteiger partial charge in [0, 0.05) is 51.7 Å². The highest BCUT2D eigenvalue weighted by Crippen LogP contribution is 2.47. The van der Waals surface area contributed by atoms with Crippen LogP contribution in [0.15, 0.2) is 73.1 Å². The number of anilines is 2. The van der Waals surface area contributed by atoms with Crippen molar-refractivity contribution < 1.29 is 0 Å². The minimum absolute atomic E-state index is 0.127. The van der Waals surface area contributed by atoms with Gasteiger partial charge in [0.05, 0.1) is 0 Å². The van der Waals surface area contributed by atoms with E-state index in [0.29, 0.717) is 0 Å². The van der Waals surface area contributed by atoms with Gasteiger partial charge in [-0.3, -0.25) is 9.97 Å². The monoisotopic (exact) mass is 391 g/mol. The molecule has 0 aliphatic carbocycles. The minimum atomic E-state index is -0.127. The zero-order valence-corrected chi connectivity index (χ0v) is 17.8. The highest BCUT2D eigenvalue weighted by molar-refractivity contribution is 5.81. The lowest BCUT2D eigenvalue weighted by Gasteiger charge is -2.36. The molecule has 1 aliphatic heterocycles. The van der Waals surface area contributed by atoms with Gasteiger partial charge >= 0.3 is 0 Å². The summed E-state index contributed by atoms with van der Waals surface area (Å²) in [6.45, 7) is 8.64. The van der Waals surface area contributed by atoms with Crippen LogP contribution in [-0.4, -0.2) is 9.97 Å². The summed E-state index contributed by atoms with van der Waals surface area (Å²) in [5.74, 6) is 0. The molecule has 2 aromatic carbocycles. The molecule has 0 saturated heterocycles. The average Bonchev–Trinajstić information content (AvgIpc) is 2.75. The van der Waals surface area contributed by atoms with Gasteiger partial charge in [-0.1, -0.05) is 38.1 Å². The molecule has 148 valence electrons. The van der Waals surface area contributed by atoms with Crippen LogP contribution in [0.5, 0.6) is 0 Å². The van der Waals surface area contributed by atoms with Crippen molar-refractivity contribution in [1.82, 2.24) is 9.97 Å². The molecule has 0 unspecified atom stereocenters. The summed E-state index contributed by atoms with van der Waals surface area (Å²) in [5, 5.41) is 3.64. The fourth-order valence-corrected chi connectivity index (χ4v) is 4.27. The summed E-state index contributed by atoms with van der Waals surface area (Å²) >= 11 is 0. The number of pyridine rings is 2. The van der Waals surface area contributed by atoms with Gasteiger partial charge in [-0.2, -0.15) is 0 Å². The van der Waals surface area contributed by atoms with Crippen LogP contribution >= 0.6 is 0 Å².